The van der Waals surface area contributed by atoms with Gasteiger partial charge in [-0.05, 0) is 29.7 Å². The molecular formula is C14H18N2O. The normalized spacial score (nSPS) is 10.2. The molecule has 0 saturated carbocycles. The van der Waals surface area contributed by atoms with Crippen LogP contribution in [0.3, 0.4) is 0 Å². The summed E-state index contributed by atoms with van der Waals surface area (Å²) in [5.41, 5.74) is 1.51. The number of ether oxygens (including phenoxy) is 1. The van der Waals surface area contributed by atoms with Crippen LogP contribution in [-0.2, 0) is 0 Å². The van der Waals surface area contributed by atoms with Crippen LogP contribution in [-0.4, -0.2) is 7.11 Å². The molecule has 0 saturated heterocycles. The number of nitriles is 2. The Bertz CT molecular complexity index is 427. The third kappa shape index (κ3) is 4.17. The zero-order valence-electron chi connectivity index (χ0n) is 10.8. The van der Waals surface area contributed by atoms with Crippen LogP contribution in [0, 0.1) is 22.7 Å². The van der Waals surface area contributed by atoms with Crippen LogP contribution in [0.5, 0.6) is 5.75 Å². The Morgan fingerprint density at radius 2 is 1.94 bits per heavy atom. The maximum Gasteiger partial charge on any atom is 0.122 e. The first kappa shape index (κ1) is 15.0. The van der Waals surface area contributed by atoms with Crippen LogP contribution >= 0.6 is 0 Å². The van der Waals surface area contributed by atoms with E-state index < -0.39 is 0 Å². The van der Waals surface area contributed by atoms with Gasteiger partial charge in [-0.2, -0.15) is 10.5 Å². The summed E-state index contributed by atoms with van der Waals surface area (Å²) in [6, 6.07) is 9.45. The van der Waals surface area contributed by atoms with E-state index in [2.05, 4.69) is 12.1 Å². The second kappa shape index (κ2) is 8.19. The van der Waals surface area contributed by atoms with Gasteiger partial charge in [0.05, 0.1) is 24.8 Å². The van der Waals surface area contributed by atoms with Crippen molar-refractivity contribution in [3.8, 4) is 17.9 Å². The molecule has 3 nitrogen and oxygen atoms in total. The molecule has 0 aliphatic rings. The molecule has 0 aliphatic heterocycles. The minimum atomic E-state index is 0.0817. The summed E-state index contributed by atoms with van der Waals surface area (Å²) in [6.45, 7) is 5.95. The van der Waals surface area contributed by atoms with Crippen molar-refractivity contribution >= 4 is 0 Å². The van der Waals surface area contributed by atoms with E-state index in [9.17, 15) is 0 Å². The monoisotopic (exact) mass is 230 g/mol. The summed E-state index contributed by atoms with van der Waals surface area (Å²) in [5.74, 6) is 0.815. The minimum absolute atomic E-state index is 0.0817. The van der Waals surface area contributed by atoms with Gasteiger partial charge >= 0.3 is 0 Å². The molecule has 0 heterocycles. The van der Waals surface area contributed by atoms with E-state index in [1.165, 1.54) is 0 Å². The first-order valence-corrected chi connectivity index (χ1v) is 5.68. The zero-order chi connectivity index (χ0) is 13.3. The van der Waals surface area contributed by atoms with Gasteiger partial charge in [0.15, 0.2) is 0 Å². The Morgan fingerprint density at radius 1 is 1.29 bits per heavy atom. The average molecular weight is 230 g/mol. The average Bonchev–Trinajstić information content (AvgIpc) is 2.40. The van der Waals surface area contributed by atoms with Crippen molar-refractivity contribution in [1.82, 2.24) is 0 Å². The highest BCUT2D eigenvalue weighted by Gasteiger charge is 2.11. The summed E-state index contributed by atoms with van der Waals surface area (Å²) in [5, 5.41) is 17.4. The first-order chi connectivity index (χ1) is 8.22. The highest BCUT2D eigenvalue weighted by molar-refractivity contribution is 5.43. The van der Waals surface area contributed by atoms with Gasteiger partial charge in [0.25, 0.3) is 0 Å². The van der Waals surface area contributed by atoms with Crippen molar-refractivity contribution in [3.63, 3.8) is 0 Å². The van der Waals surface area contributed by atoms with Crippen LogP contribution in [0.25, 0.3) is 0 Å². The topological polar surface area (TPSA) is 56.8 Å². The molecule has 0 amide bonds. The van der Waals surface area contributed by atoms with Crippen molar-refractivity contribution in [2.45, 2.75) is 33.1 Å². The highest BCUT2D eigenvalue weighted by Crippen LogP contribution is 2.29. The molecule has 1 unspecified atom stereocenters. The Morgan fingerprint density at radius 3 is 2.41 bits per heavy atom. The number of rotatable bonds is 3. The second-order valence-corrected chi connectivity index (χ2v) is 3.33. The van der Waals surface area contributed by atoms with Crippen molar-refractivity contribution in [2.24, 2.45) is 0 Å². The summed E-state index contributed by atoms with van der Waals surface area (Å²) >= 11 is 0. The fraction of sp³-hybridized carbons (Fsp3) is 0.429. The minimum Gasteiger partial charge on any atom is -0.496 e. The Hall–Kier alpha value is -2.00. The van der Waals surface area contributed by atoms with Crippen LogP contribution in [0.4, 0.5) is 0 Å². The molecule has 0 spiro atoms. The highest BCUT2D eigenvalue weighted by atomic mass is 16.5. The molecule has 0 N–H and O–H groups in total. The standard InChI is InChI=1S/C12H12N2O.C2H6/c1-9(5-6-13)11-7-10(8-14)3-4-12(11)15-2;1-2/h3-4,7,9H,5H2,1-2H3;1-2H3. The van der Waals surface area contributed by atoms with E-state index in [-0.39, 0.29) is 5.92 Å². The van der Waals surface area contributed by atoms with Gasteiger partial charge < -0.3 is 4.74 Å². The van der Waals surface area contributed by atoms with Gasteiger partial charge in [-0.3, -0.25) is 0 Å². The van der Waals surface area contributed by atoms with E-state index in [0.717, 1.165) is 11.3 Å². The summed E-state index contributed by atoms with van der Waals surface area (Å²) in [4.78, 5) is 0. The van der Waals surface area contributed by atoms with E-state index in [0.29, 0.717) is 12.0 Å². The summed E-state index contributed by atoms with van der Waals surface area (Å²) in [7, 11) is 1.59. The smallest absolute Gasteiger partial charge is 0.122 e. The molecule has 0 aromatic heterocycles. The second-order valence-electron chi connectivity index (χ2n) is 3.33. The van der Waals surface area contributed by atoms with Crippen molar-refractivity contribution in [2.75, 3.05) is 7.11 Å². The van der Waals surface area contributed by atoms with Crippen LogP contribution < -0.4 is 4.74 Å². The van der Waals surface area contributed by atoms with Crippen molar-refractivity contribution < 1.29 is 4.74 Å². The fourth-order valence-corrected chi connectivity index (χ4v) is 1.44. The third-order valence-corrected chi connectivity index (χ3v) is 2.29. The molecule has 0 fully saturated rings. The molecular weight excluding hydrogens is 212 g/mol. The number of hydrogen-bond donors (Lipinski definition) is 0. The van der Waals surface area contributed by atoms with Gasteiger partial charge in [0.2, 0.25) is 0 Å². The molecule has 0 bridgehead atoms. The van der Waals surface area contributed by atoms with Crippen molar-refractivity contribution in [1.29, 1.82) is 10.5 Å². The maximum absolute atomic E-state index is 8.78. The van der Waals surface area contributed by atoms with Gasteiger partial charge in [-0.25, -0.2) is 0 Å². The van der Waals surface area contributed by atoms with Crippen molar-refractivity contribution in [3.05, 3.63) is 29.3 Å². The lowest BCUT2D eigenvalue weighted by Gasteiger charge is -2.12. The van der Waals surface area contributed by atoms with Gasteiger partial charge in [0.1, 0.15) is 5.75 Å². The third-order valence-electron chi connectivity index (χ3n) is 2.29. The predicted molar refractivity (Wildman–Crippen MR) is 67.7 cm³/mol. The number of methoxy groups -OCH3 is 1. The largest absolute Gasteiger partial charge is 0.496 e. The first-order valence-electron chi connectivity index (χ1n) is 5.68. The fourth-order valence-electron chi connectivity index (χ4n) is 1.44. The van der Waals surface area contributed by atoms with Gasteiger partial charge in [-0.15, -0.1) is 0 Å². The van der Waals surface area contributed by atoms with E-state index >= 15 is 0 Å². The predicted octanol–water partition coefficient (Wildman–Crippen LogP) is 3.61. The molecule has 1 atom stereocenters. The number of hydrogen-bond acceptors (Lipinski definition) is 3. The van der Waals surface area contributed by atoms with Crippen LogP contribution in [0.15, 0.2) is 18.2 Å². The Balaban J connectivity index is 0.00000121. The molecule has 0 aliphatic carbocycles. The summed E-state index contributed by atoms with van der Waals surface area (Å²) < 4.78 is 5.19. The lowest BCUT2D eigenvalue weighted by Crippen LogP contribution is -1.97. The van der Waals surface area contributed by atoms with E-state index in [4.69, 9.17) is 15.3 Å². The Kier molecular flexibility index (Phi) is 7.22. The van der Waals surface area contributed by atoms with Gasteiger partial charge in [-0.1, -0.05) is 20.8 Å². The van der Waals surface area contributed by atoms with E-state index in [1.807, 2.05) is 20.8 Å². The van der Waals surface area contributed by atoms with E-state index in [1.54, 1.807) is 25.3 Å². The van der Waals surface area contributed by atoms with Crippen LogP contribution in [0.2, 0.25) is 0 Å². The maximum atomic E-state index is 8.78. The number of nitrogens with zero attached hydrogens (tertiary/aromatic N) is 2. The summed E-state index contributed by atoms with van der Waals surface area (Å²) in [6.07, 6.45) is 0.422. The molecule has 3 heteroatoms. The lowest BCUT2D eigenvalue weighted by molar-refractivity contribution is 0.406. The molecule has 17 heavy (non-hydrogen) atoms. The Labute approximate surface area is 103 Å². The molecule has 1 rings (SSSR count). The lowest BCUT2D eigenvalue weighted by atomic mass is 9.96. The molecule has 0 radical (unpaired) electrons. The molecule has 1 aromatic carbocycles. The SMILES string of the molecule is CC.COc1ccc(C#N)cc1C(C)CC#N. The molecule has 90 valence electrons. The quantitative estimate of drug-likeness (QED) is 0.797. The molecule has 1 aromatic rings. The van der Waals surface area contributed by atoms with Crippen LogP contribution in [0.1, 0.15) is 44.2 Å². The number of benzene rings is 1. The van der Waals surface area contributed by atoms with Gasteiger partial charge in [0, 0.05) is 6.42 Å². The zero-order valence-corrected chi connectivity index (χ0v) is 10.8.